The number of carbonyl (C=O) groups excluding carboxylic acids is 2. The fourth-order valence-corrected chi connectivity index (χ4v) is 2.35. The van der Waals surface area contributed by atoms with E-state index in [1.807, 2.05) is 52.8 Å². The van der Waals surface area contributed by atoms with Crippen molar-refractivity contribution in [2.45, 2.75) is 53.9 Å². The molecule has 0 aliphatic carbocycles. The van der Waals surface area contributed by atoms with Crippen molar-refractivity contribution >= 4 is 17.5 Å². The van der Waals surface area contributed by atoms with Gasteiger partial charge in [0.2, 0.25) is 0 Å². The van der Waals surface area contributed by atoms with E-state index in [9.17, 15) is 9.59 Å². The lowest BCUT2D eigenvalue weighted by atomic mass is 10.0. The highest BCUT2D eigenvalue weighted by Crippen LogP contribution is 2.22. The smallest absolute Gasteiger partial charge is 0.258 e. The predicted octanol–water partition coefficient (Wildman–Crippen LogP) is 1.90. The first kappa shape index (κ1) is 37.5. The number of carbonyl (C=O) groups is 2. The van der Waals surface area contributed by atoms with Crippen LogP contribution in [-0.4, -0.2) is 85.1 Å². The standard InChI is InChI=1S/C13H16N2O2.2C4H10O.2C2H6O2/c1-2-3-9-11-12(16)14-15(13(11)17)10-7-5-4-6-8-10;2*1-3-5-4-2;2*3-1-2-4/h4-8,11H,2-3,9H2,1H3,(H,14,16);2*3-4H2,1-2H3;2*3-4H,1-2H2. The van der Waals surface area contributed by atoms with E-state index in [1.54, 1.807) is 12.1 Å². The van der Waals surface area contributed by atoms with E-state index in [0.717, 1.165) is 39.3 Å². The molecule has 0 aromatic heterocycles. The maximum atomic E-state index is 12.1. The van der Waals surface area contributed by atoms with Gasteiger partial charge in [0.05, 0.1) is 32.1 Å². The summed E-state index contributed by atoms with van der Waals surface area (Å²) in [5.41, 5.74) is 3.34. The Kier molecular flexibility index (Phi) is 32.1. The molecular formula is C25H48N2O8. The zero-order valence-corrected chi connectivity index (χ0v) is 22.1. The SMILES string of the molecule is CCCCC1C(=O)NN(c2ccccc2)C1=O.CCOCC.CCOCC.OCCO.OCCO. The fourth-order valence-electron chi connectivity index (χ4n) is 2.35. The summed E-state index contributed by atoms with van der Waals surface area (Å²) in [7, 11) is 0. The molecule has 10 heteroatoms. The summed E-state index contributed by atoms with van der Waals surface area (Å²) in [5, 5.41) is 31.8. The van der Waals surface area contributed by atoms with E-state index in [0.29, 0.717) is 12.1 Å². The van der Waals surface area contributed by atoms with Gasteiger partial charge in [-0.05, 0) is 46.2 Å². The lowest BCUT2D eigenvalue weighted by Crippen LogP contribution is -2.35. The van der Waals surface area contributed by atoms with Crippen LogP contribution in [0.1, 0.15) is 53.9 Å². The summed E-state index contributed by atoms with van der Waals surface area (Å²) < 4.78 is 9.67. The third-order valence-electron chi connectivity index (χ3n) is 3.93. The number of ether oxygens (including phenoxy) is 2. The van der Waals surface area contributed by atoms with E-state index >= 15 is 0 Å². The van der Waals surface area contributed by atoms with E-state index in [2.05, 4.69) is 5.43 Å². The molecule has 1 aliphatic rings. The van der Waals surface area contributed by atoms with Crippen molar-refractivity contribution in [1.29, 1.82) is 0 Å². The molecular weight excluding hydrogens is 456 g/mol. The number of aliphatic hydroxyl groups excluding tert-OH is 4. The van der Waals surface area contributed by atoms with Crippen molar-refractivity contribution in [2.24, 2.45) is 5.92 Å². The molecule has 1 fully saturated rings. The first-order valence-corrected chi connectivity index (χ1v) is 12.2. The molecule has 0 bridgehead atoms. The number of unbranched alkanes of at least 4 members (excludes halogenated alkanes) is 1. The van der Waals surface area contributed by atoms with Gasteiger partial charge in [-0.25, -0.2) is 5.01 Å². The molecule has 2 amide bonds. The van der Waals surface area contributed by atoms with E-state index in [1.165, 1.54) is 5.01 Å². The van der Waals surface area contributed by atoms with Crippen LogP contribution in [0.2, 0.25) is 0 Å². The number of amides is 2. The number of rotatable bonds is 10. The second-order valence-corrected chi connectivity index (χ2v) is 6.64. The van der Waals surface area contributed by atoms with Crippen molar-refractivity contribution in [3.05, 3.63) is 30.3 Å². The highest BCUT2D eigenvalue weighted by atomic mass is 16.5. The average molecular weight is 505 g/mol. The van der Waals surface area contributed by atoms with Crippen LogP contribution in [0.15, 0.2) is 30.3 Å². The van der Waals surface area contributed by atoms with Crippen LogP contribution in [-0.2, 0) is 19.1 Å². The van der Waals surface area contributed by atoms with Gasteiger partial charge in [-0.1, -0.05) is 38.0 Å². The quantitative estimate of drug-likeness (QED) is 0.303. The van der Waals surface area contributed by atoms with Gasteiger partial charge in [0.1, 0.15) is 5.92 Å². The largest absolute Gasteiger partial charge is 0.394 e. The summed E-state index contributed by atoms with van der Waals surface area (Å²) in [4.78, 5) is 23.8. The van der Waals surface area contributed by atoms with Crippen LogP contribution < -0.4 is 10.4 Å². The van der Waals surface area contributed by atoms with Crippen molar-refractivity contribution < 1.29 is 39.5 Å². The molecule has 1 heterocycles. The monoisotopic (exact) mass is 504 g/mol. The summed E-state index contributed by atoms with van der Waals surface area (Å²) in [5.74, 6) is -0.850. The van der Waals surface area contributed by atoms with Crippen LogP contribution in [0.3, 0.4) is 0 Å². The van der Waals surface area contributed by atoms with Gasteiger partial charge in [-0.15, -0.1) is 0 Å². The molecule has 0 radical (unpaired) electrons. The maximum absolute atomic E-state index is 12.1. The third kappa shape index (κ3) is 22.1. The topological polar surface area (TPSA) is 149 Å². The molecule has 1 saturated heterocycles. The Morgan fingerprint density at radius 1 is 0.771 bits per heavy atom. The number of hydrazine groups is 1. The number of hydrogen-bond acceptors (Lipinski definition) is 8. The lowest BCUT2D eigenvalue weighted by molar-refractivity contribution is -0.127. The minimum atomic E-state index is -0.518. The van der Waals surface area contributed by atoms with Crippen LogP contribution >= 0.6 is 0 Å². The molecule has 1 aromatic rings. The molecule has 0 saturated carbocycles. The van der Waals surface area contributed by atoms with Crippen LogP contribution in [0.25, 0.3) is 0 Å². The number of aliphatic hydroxyl groups is 4. The Bertz CT molecular complexity index is 558. The highest BCUT2D eigenvalue weighted by Gasteiger charge is 2.39. The normalized spacial score (nSPS) is 13.6. The molecule has 1 aromatic carbocycles. The molecule has 10 nitrogen and oxygen atoms in total. The number of para-hydroxylation sites is 1. The second kappa shape index (κ2) is 30.0. The number of nitrogens with zero attached hydrogens (tertiary/aromatic N) is 1. The van der Waals surface area contributed by atoms with Crippen molar-refractivity contribution in [2.75, 3.05) is 57.9 Å². The van der Waals surface area contributed by atoms with Gasteiger partial charge in [0.25, 0.3) is 11.8 Å². The Balaban J connectivity index is -0.000000467. The molecule has 5 N–H and O–H groups in total. The van der Waals surface area contributed by atoms with E-state index in [4.69, 9.17) is 29.9 Å². The molecule has 206 valence electrons. The van der Waals surface area contributed by atoms with Gasteiger partial charge < -0.3 is 29.9 Å². The van der Waals surface area contributed by atoms with E-state index in [-0.39, 0.29) is 38.2 Å². The van der Waals surface area contributed by atoms with Crippen LogP contribution in [0.4, 0.5) is 5.69 Å². The molecule has 1 atom stereocenters. The Morgan fingerprint density at radius 3 is 1.51 bits per heavy atom. The first-order chi connectivity index (χ1) is 16.9. The van der Waals surface area contributed by atoms with Gasteiger partial charge in [0, 0.05) is 26.4 Å². The summed E-state index contributed by atoms with van der Waals surface area (Å²) >= 11 is 0. The van der Waals surface area contributed by atoms with Gasteiger partial charge >= 0.3 is 0 Å². The highest BCUT2D eigenvalue weighted by molar-refractivity contribution is 6.14. The Morgan fingerprint density at radius 2 is 1.20 bits per heavy atom. The minimum Gasteiger partial charge on any atom is -0.394 e. The van der Waals surface area contributed by atoms with Gasteiger partial charge in [-0.3, -0.25) is 15.0 Å². The Labute approximate surface area is 210 Å². The number of hydrogen-bond donors (Lipinski definition) is 5. The summed E-state index contributed by atoms with van der Waals surface area (Å²) in [6, 6.07) is 9.17. The number of nitrogens with one attached hydrogen (secondary N) is 1. The zero-order valence-electron chi connectivity index (χ0n) is 22.1. The van der Waals surface area contributed by atoms with Crippen molar-refractivity contribution in [3.8, 4) is 0 Å². The van der Waals surface area contributed by atoms with Crippen LogP contribution in [0.5, 0.6) is 0 Å². The lowest BCUT2D eigenvalue weighted by Gasteiger charge is -2.14. The molecule has 0 spiro atoms. The summed E-state index contributed by atoms with van der Waals surface area (Å²) in [6.45, 7) is 12.9. The predicted molar refractivity (Wildman–Crippen MR) is 138 cm³/mol. The first-order valence-electron chi connectivity index (χ1n) is 12.2. The van der Waals surface area contributed by atoms with Gasteiger partial charge in [-0.2, -0.15) is 0 Å². The molecule has 1 unspecified atom stereocenters. The second-order valence-electron chi connectivity index (χ2n) is 6.64. The van der Waals surface area contributed by atoms with Crippen molar-refractivity contribution in [1.82, 2.24) is 5.43 Å². The number of anilines is 1. The maximum Gasteiger partial charge on any atom is 0.258 e. The van der Waals surface area contributed by atoms with E-state index < -0.39 is 5.92 Å². The van der Waals surface area contributed by atoms with Gasteiger partial charge in [0.15, 0.2) is 0 Å². The minimum absolute atomic E-state index is 0.125. The fraction of sp³-hybridized carbons (Fsp3) is 0.680. The van der Waals surface area contributed by atoms with Crippen LogP contribution in [0, 0.1) is 5.92 Å². The average Bonchev–Trinajstić information content (AvgIpc) is 3.18. The zero-order chi connectivity index (χ0) is 27.3. The molecule has 1 aliphatic heterocycles. The number of benzene rings is 1. The Hall–Kier alpha value is -2.08. The van der Waals surface area contributed by atoms with Crippen molar-refractivity contribution in [3.63, 3.8) is 0 Å². The third-order valence-corrected chi connectivity index (χ3v) is 3.93. The summed E-state index contributed by atoms with van der Waals surface area (Å²) in [6.07, 6.45) is 2.51. The molecule has 2 rings (SSSR count). The molecule has 35 heavy (non-hydrogen) atoms.